The van der Waals surface area contributed by atoms with Crippen molar-refractivity contribution in [2.24, 2.45) is 5.92 Å². The fourth-order valence-corrected chi connectivity index (χ4v) is 5.06. The SMILES string of the molecule is Cc1[nH]ncc1-c1cc2nc(C3NC4CCC3C4)[nH]c(=O)c2s1. The second-order valence-corrected chi connectivity index (χ2v) is 7.65. The van der Waals surface area contributed by atoms with Crippen molar-refractivity contribution in [1.29, 1.82) is 0 Å². The quantitative estimate of drug-likeness (QED) is 0.675. The molecule has 3 N–H and O–H groups in total. The molecular weight excluding hydrogens is 310 g/mol. The van der Waals surface area contributed by atoms with Gasteiger partial charge in [-0.2, -0.15) is 5.10 Å². The number of rotatable bonds is 2. The second-order valence-electron chi connectivity index (χ2n) is 6.60. The van der Waals surface area contributed by atoms with E-state index in [0.29, 0.717) is 16.7 Å². The Balaban J connectivity index is 1.62. The molecule has 3 aromatic rings. The van der Waals surface area contributed by atoms with E-state index < -0.39 is 0 Å². The van der Waals surface area contributed by atoms with E-state index in [9.17, 15) is 4.79 Å². The first-order valence-corrected chi connectivity index (χ1v) is 8.81. The summed E-state index contributed by atoms with van der Waals surface area (Å²) in [5, 5.41) is 10.6. The van der Waals surface area contributed by atoms with Crippen LogP contribution in [0.15, 0.2) is 17.1 Å². The Bertz CT molecular complexity index is 955. The zero-order valence-electron chi connectivity index (χ0n) is 12.7. The summed E-state index contributed by atoms with van der Waals surface area (Å²) in [6.45, 7) is 1.98. The van der Waals surface area contributed by atoms with Gasteiger partial charge >= 0.3 is 0 Å². The van der Waals surface area contributed by atoms with Gasteiger partial charge in [0.1, 0.15) is 10.5 Å². The van der Waals surface area contributed by atoms with Crippen molar-refractivity contribution in [3.05, 3.63) is 34.1 Å². The van der Waals surface area contributed by atoms with Gasteiger partial charge < -0.3 is 10.3 Å². The third-order valence-electron chi connectivity index (χ3n) is 5.15. The van der Waals surface area contributed by atoms with E-state index in [1.54, 1.807) is 6.20 Å². The number of H-pyrrole nitrogens is 2. The summed E-state index contributed by atoms with van der Waals surface area (Å²) in [6, 6.07) is 2.80. The molecule has 1 aliphatic carbocycles. The molecule has 0 radical (unpaired) electrons. The van der Waals surface area contributed by atoms with Gasteiger partial charge in [0.05, 0.1) is 17.8 Å². The first kappa shape index (κ1) is 13.4. The molecule has 1 aliphatic heterocycles. The molecule has 23 heavy (non-hydrogen) atoms. The maximum atomic E-state index is 12.5. The van der Waals surface area contributed by atoms with Gasteiger partial charge in [0, 0.05) is 22.2 Å². The highest BCUT2D eigenvalue weighted by Gasteiger charge is 2.41. The van der Waals surface area contributed by atoms with E-state index in [-0.39, 0.29) is 11.6 Å². The molecule has 5 rings (SSSR count). The largest absolute Gasteiger partial charge is 0.308 e. The number of aromatic amines is 2. The van der Waals surface area contributed by atoms with E-state index in [0.717, 1.165) is 27.5 Å². The highest BCUT2D eigenvalue weighted by molar-refractivity contribution is 7.22. The van der Waals surface area contributed by atoms with Crippen LogP contribution in [0.5, 0.6) is 0 Å². The Morgan fingerprint density at radius 3 is 2.96 bits per heavy atom. The molecule has 6 nitrogen and oxygen atoms in total. The van der Waals surface area contributed by atoms with E-state index >= 15 is 0 Å². The molecule has 3 aromatic heterocycles. The van der Waals surface area contributed by atoms with E-state index in [1.807, 2.05) is 13.0 Å². The lowest BCUT2D eigenvalue weighted by Crippen LogP contribution is -2.31. The zero-order valence-corrected chi connectivity index (χ0v) is 13.5. The fourth-order valence-electron chi connectivity index (χ4n) is 4.00. The van der Waals surface area contributed by atoms with Gasteiger partial charge in [-0.25, -0.2) is 4.98 Å². The van der Waals surface area contributed by atoms with Gasteiger partial charge in [-0.15, -0.1) is 11.3 Å². The average molecular weight is 327 g/mol. The molecule has 4 heterocycles. The summed E-state index contributed by atoms with van der Waals surface area (Å²) >= 11 is 1.48. The molecule has 2 aliphatic rings. The van der Waals surface area contributed by atoms with Gasteiger partial charge in [0.2, 0.25) is 0 Å². The van der Waals surface area contributed by atoms with Crippen LogP contribution in [-0.2, 0) is 0 Å². The lowest BCUT2D eigenvalue weighted by Gasteiger charge is -2.21. The number of aromatic nitrogens is 4. The first-order valence-electron chi connectivity index (χ1n) is 7.99. The number of nitrogens with one attached hydrogen (secondary N) is 3. The summed E-state index contributed by atoms with van der Waals surface area (Å²) in [5.41, 5.74) is 2.79. The van der Waals surface area contributed by atoms with Crippen molar-refractivity contribution in [3.8, 4) is 10.4 Å². The van der Waals surface area contributed by atoms with Crippen molar-refractivity contribution in [2.45, 2.75) is 38.3 Å². The van der Waals surface area contributed by atoms with E-state index in [4.69, 9.17) is 4.98 Å². The van der Waals surface area contributed by atoms with Crippen LogP contribution in [0.3, 0.4) is 0 Å². The fraction of sp³-hybridized carbons (Fsp3) is 0.438. The summed E-state index contributed by atoms with van der Waals surface area (Å²) < 4.78 is 0.688. The molecule has 118 valence electrons. The minimum atomic E-state index is -0.0352. The van der Waals surface area contributed by atoms with Gasteiger partial charge in [0.25, 0.3) is 5.56 Å². The Morgan fingerprint density at radius 2 is 2.26 bits per heavy atom. The van der Waals surface area contributed by atoms with Crippen molar-refractivity contribution >= 4 is 21.6 Å². The maximum absolute atomic E-state index is 12.5. The van der Waals surface area contributed by atoms with E-state index in [2.05, 4.69) is 20.5 Å². The van der Waals surface area contributed by atoms with Gasteiger partial charge in [0.15, 0.2) is 0 Å². The predicted octanol–water partition coefficient (Wildman–Crippen LogP) is 2.50. The van der Waals surface area contributed by atoms with Gasteiger partial charge in [-0.05, 0) is 38.2 Å². The maximum Gasteiger partial charge on any atom is 0.268 e. The molecule has 2 bridgehead atoms. The van der Waals surface area contributed by atoms with E-state index in [1.165, 1.54) is 30.6 Å². The topological polar surface area (TPSA) is 86.5 Å². The molecular formula is C16H17N5OS. The highest BCUT2D eigenvalue weighted by Crippen LogP contribution is 2.42. The van der Waals surface area contributed by atoms with Crippen LogP contribution in [0.2, 0.25) is 0 Å². The molecule has 3 unspecified atom stereocenters. The summed E-state index contributed by atoms with van der Waals surface area (Å²) in [5.74, 6) is 1.40. The summed E-state index contributed by atoms with van der Waals surface area (Å²) in [4.78, 5) is 21.3. The smallest absolute Gasteiger partial charge is 0.268 e. The van der Waals surface area contributed by atoms with Crippen molar-refractivity contribution in [2.75, 3.05) is 0 Å². The molecule has 0 aromatic carbocycles. The number of hydrogen-bond acceptors (Lipinski definition) is 5. The number of fused-ring (bicyclic) bond motifs is 3. The minimum absolute atomic E-state index is 0.0352. The van der Waals surface area contributed by atoms with Crippen molar-refractivity contribution < 1.29 is 0 Å². The molecule has 7 heteroatoms. The number of thiophene rings is 1. The van der Waals surface area contributed by atoms with Crippen LogP contribution < -0.4 is 10.9 Å². The Kier molecular flexibility index (Phi) is 2.78. The molecule has 1 saturated heterocycles. The zero-order chi connectivity index (χ0) is 15.6. The van der Waals surface area contributed by atoms with Crippen LogP contribution in [0.25, 0.3) is 20.7 Å². The predicted molar refractivity (Wildman–Crippen MR) is 89.6 cm³/mol. The number of hydrogen-bond donors (Lipinski definition) is 3. The standard InChI is InChI=1S/C16H17N5OS/c1-7-10(6-17-21-7)12-5-11-14(23-12)16(22)20-15(19-11)13-8-2-3-9(4-8)18-13/h5-6,8-9,13,18H,2-4H2,1H3,(H,17,21)(H,19,20,22). The highest BCUT2D eigenvalue weighted by atomic mass is 32.1. The van der Waals surface area contributed by atoms with Gasteiger partial charge in [-0.1, -0.05) is 0 Å². The lowest BCUT2D eigenvalue weighted by molar-refractivity contribution is 0.377. The summed E-state index contributed by atoms with van der Waals surface area (Å²) in [7, 11) is 0. The number of nitrogens with zero attached hydrogens (tertiary/aromatic N) is 2. The Hall–Kier alpha value is -1.99. The lowest BCUT2D eigenvalue weighted by atomic mass is 9.99. The Morgan fingerprint density at radius 1 is 1.35 bits per heavy atom. The molecule has 0 amide bonds. The first-order chi connectivity index (χ1) is 11.2. The second kappa shape index (κ2) is 4.75. The number of aryl methyl sites for hydroxylation is 1. The minimum Gasteiger partial charge on any atom is -0.308 e. The average Bonchev–Trinajstić information content (AvgIpc) is 3.29. The van der Waals surface area contributed by atoms with Crippen LogP contribution >= 0.6 is 11.3 Å². The van der Waals surface area contributed by atoms with Crippen molar-refractivity contribution in [1.82, 2.24) is 25.5 Å². The monoisotopic (exact) mass is 327 g/mol. The number of piperidine rings is 1. The van der Waals surface area contributed by atoms with Crippen LogP contribution in [0.4, 0.5) is 0 Å². The molecule has 1 saturated carbocycles. The van der Waals surface area contributed by atoms with Crippen LogP contribution in [-0.4, -0.2) is 26.2 Å². The molecule has 2 fully saturated rings. The molecule has 3 atom stereocenters. The van der Waals surface area contributed by atoms with Crippen LogP contribution in [0, 0.1) is 12.8 Å². The third-order valence-corrected chi connectivity index (χ3v) is 6.31. The third kappa shape index (κ3) is 2.00. The van der Waals surface area contributed by atoms with Crippen LogP contribution in [0.1, 0.15) is 36.8 Å². The van der Waals surface area contributed by atoms with Gasteiger partial charge in [-0.3, -0.25) is 9.89 Å². The van der Waals surface area contributed by atoms with Crippen molar-refractivity contribution in [3.63, 3.8) is 0 Å². The summed E-state index contributed by atoms with van der Waals surface area (Å²) in [6.07, 6.45) is 5.48. The normalized spacial score (nSPS) is 26.4. The molecule has 0 spiro atoms. The Labute approximate surface area is 136 Å².